The van der Waals surface area contributed by atoms with Crippen LogP contribution in [0.3, 0.4) is 0 Å². The van der Waals surface area contributed by atoms with Crippen molar-refractivity contribution in [1.29, 1.82) is 0 Å². The second-order valence-corrected chi connectivity index (χ2v) is 6.36. The van der Waals surface area contributed by atoms with Crippen LogP contribution >= 0.6 is 0 Å². The lowest BCUT2D eigenvalue weighted by Gasteiger charge is -2.24. The van der Waals surface area contributed by atoms with Crippen molar-refractivity contribution >= 4 is 0 Å². The highest BCUT2D eigenvalue weighted by Crippen LogP contribution is 2.22. The van der Waals surface area contributed by atoms with E-state index in [-0.39, 0.29) is 5.60 Å². The average molecular weight is 289 g/mol. The molecule has 0 unspecified atom stereocenters. The maximum atomic E-state index is 9.86. The van der Waals surface area contributed by atoms with Gasteiger partial charge in [0.2, 0.25) is 0 Å². The van der Waals surface area contributed by atoms with Crippen LogP contribution in [0.5, 0.6) is 0 Å². The maximum Gasteiger partial charge on any atom is 0.0642 e. The molecule has 2 heteroatoms. The molecule has 0 radical (unpaired) electrons. The molecule has 20 heavy (non-hydrogen) atoms. The third-order valence-electron chi connectivity index (χ3n) is 4.00. The molecule has 2 nitrogen and oxygen atoms in total. The number of hydrogen-bond donors (Lipinski definition) is 2. The first-order valence-corrected chi connectivity index (χ1v) is 8.78. The van der Waals surface area contributed by atoms with Crippen LogP contribution in [-0.2, 0) is 0 Å². The van der Waals surface area contributed by atoms with Crippen LogP contribution in [0.2, 0.25) is 0 Å². The van der Waals surface area contributed by atoms with Crippen LogP contribution in [0.15, 0.2) is 0 Å². The topological polar surface area (TPSA) is 40.5 Å². The van der Waals surface area contributed by atoms with E-state index in [1.807, 2.05) is 0 Å². The molecule has 0 bridgehead atoms. The van der Waals surface area contributed by atoms with Crippen LogP contribution in [0.25, 0.3) is 0 Å². The third-order valence-corrected chi connectivity index (χ3v) is 4.00. The second-order valence-electron chi connectivity index (χ2n) is 6.36. The van der Waals surface area contributed by atoms with Gasteiger partial charge in [-0.05, 0) is 31.6 Å². The molecular weight excluding hydrogens is 248 g/mol. The number of hydrogen-bond acceptors (Lipinski definition) is 2. The van der Waals surface area contributed by atoms with Crippen LogP contribution < -0.4 is 0 Å². The fraction of sp³-hybridized carbons (Fsp3) is 1.00. The lowest BCUT2D eigenvalue weighted by Crippen LogP contribution is -2.26. The summed E-state index contributed by atoms with van der Waals surface area (Å²) in [5.74, 6) is 0.823. The number of rotatable bonds is 11. The zero-order chi connectivity index (χ0) is 15.9. The standard InChI is InChI=1S/C10H22O.C8H18O/c1-4-7-8-9-10(11,5-2)6-3;1-8(2)6-4-3-5-7-9/h11H,4-9H2,1-3H3;8-9H,3-7H2,1-2H3. The molecule has 0 aliphatic carbocycles. The average Bonchev–Trinajstić information content (AvgIpc) is 2.44. The van der Waals surface area contributed by atoms with Gasteiger partial charge in [0.25, 0.3) is 0 Å². The van der Waals surface area contributed by atoms with Crippen LogP contribution in [0, 0.1) is 5.92 Å². The van der Waals surface area contributed by atoms with Gasteiger partial charge in [0, 0.05) is 6.61 Å². The molecule has 0 fully saturated rings. The minimum Gasteiger partial charge on any atom is -0.396 e. The summed E-state index contributed by atoms with van der Waals surface area (Å²) in [6.07, 6.45) is 11.2. The van der Waals surface area contributed by atoms with Crippen LogP contribution in [-0.4, -0.2) is 22.4 Å². The predicted octanol–water partition coefficient (Wildman–Crippen LogP) is 5.31. The monoisotopic (exact) mass is 288 g/mol. The van der Waals surface area contributed by atoms with Gasteiger partial charge in [0.05, 0.1) is 5.60 Å². The van der Waals surface area contributed by atoms with E-state index in [1.54, 1.807) is 0 Å². The first kappa shape index (κ1) is 22.2. The lowest BCUT2D eigenvalue weighted by molar-refractivity contribution is 0.0212. The molecule has 0 aliphatic rings. The van der Waals surface area contributed by atoms with Gasteiger partial charge in [-0.3, -0.25) is 0 Å². The summed E-state index contributed by atoms with van der Waals surface area (Å²) in [4.78, 5) is 0. The Balaban J connectivity index is 0. The molecule has 0 aliphatic heterocycles. The minimum atomic E-state index is -0.366. The van der Waals surface area contributed by atoms with Gasteiger partial charge < -0.3 is 10.2 Å². The molecule has 0 rings (SSSR count). The van der Waals surface area contributed by atoms with Crippen molar-refractivity contribution < 1.29 is 10.2 Å². The third kappa shape index (κ3) is 16.0. The van der Waals surface area contributed by atoms with Crippen molar-refractivity contribution in [3.8, 4) is 0 Å². The number of unbranched alkanes of at least 4 members (excludes halogenated alkanes) is 4. The number of aliphatic hydroxyl groups is 2. The molecule has 0 aromatic rings. The molecule has 0 saturated carbocycles. The van der Waals surface area contributed by atoms with E-state index >= 15 is 0 Å². The SMILES string of the molecule is CC(C)CCCCCO.CCCCCC(O)(CC)CC. The molecule has 0 spiro atoms. The molecule has 0 amide bonds. The van der Waals surface area contributed by atoms with E-state index < -0.39 is 0 Å². The van der Waals surface area contributed by atoms with E-state index in [1.165, 1.54) is 38.5 Å². The Kier molecular flexibility index (Phi) is 17.0. The van der Waals surface area contributed by atoms with E-state index in [2.05, 4.69) is 34.6 Å². The summed E-state index contributed by atoms with van der Waals surface area (Å²) < 4.78 is 0. The van der Waals surface area contributed by atoms with E-state index in [9.17, 15) is 5.11 Å². The molecular formula is C18H40O2. The molecule has 0 atom stereocenters. The van der Waals surface area contributed by atoms with Crippen molar-refractivity contribution in [1.82, 2.24) is 0 Å². The molecule has 0 aromatic carbocycles. The predicted molar refractivity (Wildman–Crippen MR) is 90.1 cm³/mol. The fourth-order valence-electron chi connectivity index (χ4n) is 2.15. The van der Waals surface area contributed by atoms with Gasteiger partial charge in [-0.2, -0.15) is 0 Å². The van der Waals surface area contributed by atoms with Gasteiger partial charge in [-0.15, -0.1) is 0 Å². The van der Waals surface area contributed by atoms with Gasteiger partial charge in [0.1, 0.15) is 0 Å². The van der Waals surface area contributed by atoms with Crippen molar-refractivity contribution in [3.63, 3.8) is 0 Å². The fourth-order valence-corrected chi connectivity index (χ4v) is 2.15. The summed E-state index contributed by atoms with van der Waals surface area (Å²) in [6, 6.07) is 0. The smallest absolute Gasteiger partial charge is 0.0642 e. The van der Waals surface area contributed by atoms with E-state index in [4.69, 9.17) is 5.11 Å². The minimum absolute atomic E-state index is 0.359. The summed E-state index contributed by atoms with van der Waals surface area (Å²) in [5.41, 5.74) is -0.366. The Morgan fingerprint density at radius 3 is 1.85 bits per heavy atom. The largest absolute Gasteiger partial charge is 0.396 e. The zero-order valence-corrected chi connectivity index (χ0v) is 14.7. The molecule has 124 valence electrons. The molecule has 0 heterocycles. The Hall–Kier alpha value is -0.0800. The zero-order valence-electron chi connectivity index (χ0n) is 14.7. The molecule has 2 N–H and O–H groups in total. The highest BCUT2D eigenvalue weighted by molar-refractivity contribution is 4.74. The van der Waals surface area contributed by atoms with Crippen LogP contribution in [0.1, 0.15) is 98.8 Å². The number of aliphatic hydroxyl groups excluding tert-OH is 1. The first-order valence-electron chi connectivity index (χ1n) is 8.78. The Bertz CT molecular complexity index is 174. The quantitative estimate of drug-likeness (QED) is 0.506. The van der Waals surface area contributed by atoms with E-state index in [0.717, 1.165) is 31.6 Å². The van der Waals surface area contributed by atoms with Gasteiger partial charge >= 0.3 is 0 Å². The highest BCUT2D eigenvalue weighted by Gasteiger charge is 2.20. The first-order chi connectivity index (χ1) is 9.45. The normalized spacial score (nSPS) is 11.4. The molecule has 0 aromatic heterocycles. The Morgan fingerprint density at radius 1 is 0.850 bits per heavy atom. The van der Waals surface area contributed by atoms with Gasteiger partial charge in [0.15, 0.2) is 0 Å². The van der Waals surface area contributed by atoms with Crippen molar-refractivity contribution in [2.24, 2.45) is 5.92 Å². The second kappa shape index (κ2) is 15.3. The van der Waals surface area contributed by atoms with Gasteiger partial charge in [-0.1, -0.05) is 73.1 Å². The summed E-state index contributed by atoms with van der Waals surface area (Å²) >= 11 is 0. The van der Waals surface area contributed by atoms with Crippen molar-refractivity contribution in [3.05, 3.63) is 0 Å². The highest BCUT2D eigenvalue weighted by atomic mass is 16.3. The van der Waals surface area contributed by atoms with Crippen molar-refractivity contribution in [2.75, 3.05) is 6.61 Å². The van der Waals surface area contributed by atoms with E-state index in [0.29, 0.717) is 6.61 Å². The summed E-state index contributed by atoms with van der Waals surface area (Å²) in [5, 5.41) is 18.3. The maximum absolute atomic E-state index is 9.86. The van der Waals surface area contributed by atoms with Gasteiger partial charge in [-0.25, -0.2) is 0 Å². The summed E-state index contributed by atoms with van der Waals surface area (Å²) in [6.45, 7) is 11.2. The Morgan fingerprint density at radius 2 is 1.45 bits per heavy atom. The van der Waals surface area contributed by atoms with Crippen LogP contribution in [0.4, 0.5) is 0 Å². The lowest BCUT2D eigenvalue weighted by atomic mass is 9.91. The Labute approximate surface area is 128 Å². The summed E-state index contributed by atoms with van der Waals surface area (Å²) in [7, 11) is 0. The molecule has 0 saturated heterocycles. The van der Waals surface area contributed by atoms with Crippen molar-refractivity contribution in [2.45, 2.75) is 104 Å².